The van der Waals surface area contributed by atoms with E-state index in [9.17, 15) is 0 Å². The quantitative estimate of drug-likeness (QED) is 0.437. The fraction of sp³-hybridized carbons (Fsp3) is 0.273. The molecule has 1 rings (SSSR count). The lowest BCUT2D eigenvalue weighted by Gasteiger charge is -2.00. The molecule has 0 unspecified atom stereocenters. The lowest BCUT2D eigenvalue weighted by molar-refractivity contribution is 0.148. The maximum atomic E-state index is 5.41. The molecule has 0 amide bonds. The van der Waals surface area contributed by atoms with Crippen LogP contribution in [0.1, 0.15) is 5.56 Å². The normalized spacial score (nSPS) is 10.8. The molecule has 0 spiro atoms. The van der Waals surface area contributed by atoms with Crippen molar-refractivity contribution >= 4 is 15.9 Å². The van der Waals surface area contributed by atoms with Crippen LogP contribution in [0.2, 0.25) is 0 Å². The zero-order valence-corrected chi connectivity index (χ0v) is 9.03. The first-order valence-corrected chi connectivity index (χ1v) is 5.38. The van der Waals surface area contributed by atoms with Crippen molar-refractivity contribution in [1.29, 1.82) is 0 Å². The Morgan fingerprint density at radius 2 is 1.92 bits per heavy atom. The summed E-state index contributed by atoms with van der Waals surface area (Å²) in [5.41, 5.74) is 1.22. The molecule has 0 aromatic heterocycles. The van der Waals surface area contributed by atoms with Gasteiger partial charge in [0.2, 0.25) is 0 Å². The molecule has 0 heterocycles. The van der Waals surface area contributed by atoms with Crippen LogP contribution in [-0.2, 0) is 11.3 Å². The molecule has 0 saturated heterocycles. The lowest BCUT2D eigenvalue weighted by Crippen LogP contribution is -1.91. The van der Waals surface area contributed by atoms with Gasteiger partial charge in [-0.1, -0.05) is 58.4 Å². The number of rotatable bonds is 5. The molecule has 0 aliphatic rings. The Labute approximate surface area is 87.5 Å². The second kappa shape index (κ2) is 6.87. The average Bonchev–Trinajstić information content (AvgIpc) is 2.19. The summed E-state index contributed by atoms with van der Waals surface area (Å²) in [5, 5.41) is 0.891. The van der Waals surface area contributed by atoms with E-state index in [-0.39, 0.29) is 0 Å². The highest BCUT2D eigenvalue weighted by molar-refractivity contribution is 9.09. The van der Waals surface area contributed by atoms with Crippen molar-refractivity contribution in [2.24, 2.45) is 0 Å². The third kappa shape index (κ3) is 4.86. The van der Waals surface area contributed by atoms with Crippen molar-refractivity contribution in [3.05, 3.63) is 48.0 Å². The molecule has 0 radical (unpaired) electrons. The topological polar surface area (TPSA) is 9.23 Å². The van der Waals surface area contributed by atoms with E-state index in [0.29, 0.717) is 13.2 Å². The van der Waals surface area contributed by atoms with Crippen LogP contribution in [0.25, 0.3) is 0 Å². The number of hydrogen-bond donors (Lipinski definition) is 0. The van der Waals surface area contributed by atoms with Gasteiger partial charge in [-0.05, 0) is 5.56 Å². The first-order valence-electron chi connectivity index (χ1n) is 4.26. The number of hydrogen-bond acceptors (Lipinski definition) is 1. The average molecular weight is 241 g/mol. The van der Waals surface area contributed by atoms with Gasteiger partial charge in [0.1, 0.15) is 0 Å². The van der Waals surface area contributed by atoms with Crippen LogP contribution >= 0.6 is 15.9 Å². The third-order valence-electron chi connectivity index (χ3n) is 1.58. The molecule has 0 aliphatic heterocycles. The molecule has 0 saturated carbocycles. The Hall–Kier alpha value is -0.600. The highest BCUT2D eigenvalue weighted by Gasteiger charge is 1.88. The zero-order valence-electron chi connectivity index (χ0n) is 7.45. The van der Waals surface area contributed by atoms with Crippen LogP contribution in [0.15, 0.2) is 42.5 Å². The highest BCUT2D eigenvalue weighted by atomic mass is 79.9. The second-order valence-electron chi connectivity index (χ2n) is 2.63. The van der Waals surface area contributed by atoms with E-state index >= 15 is 0 Å². The van der Waals surface area contributed by atoms with E-state index in [4.69, 9.17) is 4.74 Å². The van der Waals surface area contributed by atoms with Gasteiger partial charge in [-0.25, -0.2) is 0 Å². The van der Waals surface area contributed by atoms with E-state index in [1.54, 1.807) is 0 Å². The summed E-state index contributed by atoms with van der Waals surface area (Å²) in [6, 6.07) is 10.2. The Balaban J connectivity index is 2.17. The van der Waals surface area contributed by atoms with Gasteiger partial charge in [-0.3, -0.25) is 0 Å². The smallest absolute Gasteiger partial charge is 0.0721 e. The molecule has 0 N–H and O–H groups in total. The first kappa shape index (κ1) is 10.5. The summed E-state index contributed by atoms with van der Waals surface area (Å²) in [6.45, 7) is 1.37. The van der Waals surface area contributed by atoms with Crippen LogP contribution in [0.4, 0.5) is 0 Å². The Morgan fingerprint density at radius 1 is 1.15 bits per heavy atom. The van der Waals surface area contributed by atoms with Crippen molar-refractivity contribution in [2.75, 3.05) is 11.9 Å². The predicted octanol–water partition coefficient (Wildman–Crippen LogP) is 3.15. The monoisotopic (exact) mass is 240 g/mol. The van der Waals surface area contributed by atoms with E-state index in [0.717, 1.165) is 5.33 Å². The van der Waals surface area contributed by atoms with Gasteiger partial charge < -0.3 is 4.74 Å². The van der Waals surface area contributed by atoms with Crippen molar-refractivity contribution in [3.8, 4) is 0 Å². The van der Waals surface area contributed by atoms with Crippen LogP contribution in [0.3, 0.4) is 0 Å². The highest BCUT2D eigenvalue weighted by Crippen LogP contribution is 2.00. The number of alkyl halides is 1. The van der Waals surface area contributed by atoms with Crippen LogP contribution in [0, 0.1) is 0 Å². The van der Waals surface area contributed by atoms with Gasteiger partial charge in [-0.15, -0.1) is 0 Å². The van der Waals surface area contributed by atoms with Crippen LogP contribution in [0.5, 0.6) is 0 Å². The second-order valence-corrected chi connectivity index (χ2v) is 3.27. The minimum absolute atomic E-state index is 0.681. The van der Waals surface area contributed by atoms with Gasteiger partial charge in [0.25, 0.3) is 0 Å². The van der Waals surface area contributed by atoms with Gasteiger partial charge in [0.15, 0.2) is 0 Å². The van der Waals surface area contributed by atoms with Crippen molar-refractivity contribution in [1.82, 2.24) is 0 Å². The SMILES string of the molecule is BrC/C=C/COCc1ccccc1. The molecule has 1 aromatic carbocycles. The Bertz CT molecular complexity index is 244. The van der Waals surface area contributed by atoms with Crippen molar-refractivity contribution < 1.29 is 4.74 Å². The summed E-state index contributed by atoms with van der Waals surface area (Å²) < 4.78 is 5.41. The predicted molar refractivity (Wildman–Crippen MR) is 59.0 cm³/mol. The Morgan fingerprint density at radius 3 is 2.62 bits per heavy atom. The molecule has 13 heavy (non-hydrogen) atoms. The maximum absolute atomic E-state index is 5.41. The standard InChI is InChI=1S/C11H13BrO/c12-8-4-5-9-13-10-11-6-2-1-3-7-11/h1-7H,8-10H2/b5-4+. The number of allylic oxidation sites excluding steroid dienone is 1. The largest absolute Gasteiger partial charge is 0.373 e. The summed E-state index contributed by atoms with van der Waals surface area (Å²) in [7, 11) is 0. The molecule has 70 valence electrons. The van der Waals surface area contributed by atoms with Gasteiger partial charge in [0, 0.05) is 5.33 Å². The van der Waals surface area contributed by atoms with Crippen molar-refractivity contribution in [2.45, 2.75) is 6.61 Å². The molecule has 1 aromatic rings. The molecule has 0 atom stereocenters. The maximum Gasteiger partial charge on any atom is 0.0721 e. The van der Waals surface area contributed by atoms with Gasteiger partial charge in [-0.2, -0.15) is 0 Å². The molecule has 2 heteroatoms. The zero-order chi connectivity index (χ0) is 9.36. The van der Waals surface area contributed by atoms with Crippen LogP contribution in [-0.4, -0.2) is 11.9 Å². The molecule has 0 fully saturated rings. The number of ether oxygens (including phenoxy) is 1. The van der Waals surface area contributed by atoms with E-state index in [1.165, 1.54) is 5.56 Å². The van der Waals surface area contributed by atoms with Gasteiger partial charge in [0.05, 0.1) is 13.2 Å². The van der Waals surface area contributed by atoms with Gasteiger partial charge >= 0.3 is 0 Å². The summed E-state index contributed by atoms with van der Waals surface area (Å²) >= 11 is 3.30. The molecular formula is C11H13BrO. The van der Waals surface area contributed by atoms with Crippen molar-refractivity contribution in [3.63, 3.8) is 0 Å². The first-order chi connectivity index (χ1) is 6.43. The number of benzene rings is 1. The summed E-state index contributed by atoms with van der Waals surface area (Å²) in [5.74, 6) is 0. The third-order valence-corrected chi connectivity index (χ3v) is 1.96. The fourth-order valence-corrected chi connectivity index (χ4v) is 1.21. The van der Waals surface area contributed by atoms with E-state index in [2.05, 4.69) is 28.1 Å². The Kier molecular flexibility index (Phi) is 5.54. The van der Waals surface area contributed by atoms with E-state index in [1.807, 2.05) is 30.4 Å². The minimum Gasteiger partial charge on any atom is -0.373 e. The van der Waals surface area contributed by atoms with Crippen LogP contribution < -0.4 is 0 Å². The lowest BCUT2D eigenvalue weighted by atomic mass is 10.2. The summed E-state index contributed by atoms with van der Waals surface area (Å²) in [6.07, 6.45) is 4.04. The number of halogens is 1. The molecule has 1 nitrogen and oxygen atoms in total. The molecule has 0 bridgehead atoms. The minimum atomic E-state index is 0.681. The fourth-order valence-electron chi connectivity index (χ4n) is 0.950. The van der Waals surface area contributed by atoms with E-state index < -0.39 is 0 Å². The molecule has 0 aliphatic carbocycles. The molecular weight excluding hydrogens is 228 g/mol. The summed E-state index contributed by atoms with van der Waals surface area (Å²) in [4.78, 5) is 0.